The summed E-state index contributed by atoms with van der Waals surface area (Å²) >= 11 is 1.52. The molecule has 2 aromatic heterocycles. The van der Waals surface area contributed by atoms with Crippen LogP contribution in [0.5, 0.6) is 5.75 Å². The first-order valence-electron chi connectivity index (χ1n) is 7.92. The van der Waals surface area contributed by atoms with Crippen molar-refractivity contribution >= 4 is 38.5 Å². The molecule has 25 heavy (non-hydrogen) atoms. The third-order valence-electron chi connectivity index (χ3n) is 4.09. The van der Waals surface area contributed by atoms with Crippen LogP contribution in [0.3, 0.4) is 0 Å². The summed E-state index contributed by atoms with van der Waals surface area (Å²) < 4.78 is 1.20. The minimum atomic E-state index is -0.211. The fraction of sp³-hybridized carbons (Fsp3) is 0.105. The molecule has 0 aliphatic rings. The van der Waals surface area contributed by atoms with Crippen LogP contribution >= 0.6 is 11.3 Å². The van der Waals surface area contributed by atoms with Gasteiger partial charge in [0.25, 0.3) is 5.56 Å². The van der Waals surface area contributed by atoms with Gasteiger partial charge in [0, 0.05) is 10.4 Å². The number of fused-ring (bicyclic) bond motifs is 2. The minimum absolute atomic E-state index is 0.119. The highest BCUT2D eigenvalue weighted by atomic mass is 32.1. The zero-order chi connectivity index (χ0) is 17.4. The summed E-state index contributed by atoms with van der Waals surface area (Å²) in [4.78, 5) is 18.7. The summed E-state index contributed by atoms with van der Waals surface area (Å²) in [5.41, 5.74) is 0.363. The van der Waals surface area contributed by atoms with Crippen LogP contribution < -0.4 is 5.56 Å². The number of thiophene rings is 1. The maximum atomic E-state index is 12.6. The quantitative estimate of drug-likeness (QED) is 0.573. The van der Waals surface area contributed by atoms with Gasteiger partial charge in [-0.25, -0.2) is 4.98 Å². The van der Waals surface area contributed by atoms with Crippen molar-refractivity contribution in [2.75, 3.05) is 0 Å². The lowest BCUT2D eigenvalue weighted by Gasteiger charge is -2.04. The molecule has 0 aliphatic carbocycles. The standard InChI is InChI=1S/C19H15N3O2S/c1-2-13-9-15-18(25-13)20-11-22(19(15)24)21-10-16-14-6-4-3-5-12(14)7-8-17(16)23/h3-11,23H,2H2,1H3/b21-10+. The highest BCUT2D eigenvalue weighted by Crippen LogP contribution is 2.25. The van der Waals surface area contributed by atoms with E-state index in [-0.39, 0.29) is 11.3 Å². The van der Waals surface area contributed by atoms with Crippen molar-refractivity contribution in [2.24, 2.45) is 5.10 Å². The number of phenolic OH excluding ortho intramolecular Hbond substituents is 1. The summed E-state index contributed by atoms with van der Waals surface area (Å²) in [5.74, 6) is 0.119. The Bertz CT molecular complexity index is 1170. The molecule has 0 saturated heterocycles. The number of nitrogens with zero attached hydrogens (tertiary/aromatic N) is 3. The lowest BCUT2D eigenvalue weighted by atomic mass is 10.0. The number of aromatic nitrogens is 2. The van der Waals surface area contributed by atoms with E-state index in [1.165, 1.54) is 28.6 Å². The summed E-state index contributed by atoms with van der Waals surface area (Å²) in [6.07, 6.45) is 3.78. The molecule has 0 bridgehead atoms. The molecule has 0 unspecified atom stereocenters. The molecule has 2 aromatic carbocycles. The zero-order valence-corrected chi connectivity index (χ0v) is 14.3. The van der Waals surface area contributed by atoms with E-state index in [0.29, 0.717) is 10.9 Å². The molecule has 1 N–H and O–H groups in total. The van der Waals surface area contributed by atoms with E-state index in [9.17, 15) is 9.90 Å². The van der Waals surface area contributed by atoms with Crippen molar-refractivity contribution in [1.82, 2.24) is 9.66 Å². The van der Waals surface area contributed by atoms with Crippen molar-refractivity contribution in [3.05, 3.63) is 69.6 Å². The predicted octanol–water partition coefficient (Wildman–Crippen LogP) is 3.76. The Hall–Kier alpha value is -2.99. The molecule has 124 valence electrons. The average molecular weight is 349 g/mol. The second-order valence-electron chi connectivity index (χ2n) is 5.64. The molecule has 4 rings (SSSR count). The van der Waals surface area contributed by atoms with Gasteiger partial charge in [-0.1, -0.05) is 37.3 Å². The maximum Gasteiger partial charge on any atom is 0.282 e. The molecule has 0 aliphatic heterocycles. The van der Waals surface area contributed by atoms with Gasteiger partial charge >= 0.3 is 0 Å². The zero-order valence-electron chi connectivity index (χ0n) is 13.5. The Morgan fingerprint density at radius 3 is 2.92 bits per heavy atom. The van der Waals surface area contributed by atoms with Crippen LogP contribution in [0.4, 0.5) is 0 Å². The normalized spacial score (nSPS) is 11.7. The highest BCUT2D eigenvalue weighted by Gasteiger charge is 2.08. The van der Waals surface area contributed by atoms with E-state index in [1.54, 1.807) is 6.07 Å². The molecule has 0 radical (unpaired) electrons. The van der Waals surface area contributed by atoms with Crippen LogP contribution in [0.15, 0.2) is 58.7 Å². The van der Waals surface area contributed by atoms with Gasteiger partial charge in [-0.05, 0) is 29.3 Å². The van der Waals surface area contributed by atoms with Crippen LogP contribution in [0.25, 0.3) is 21.0 Å². The van der Waals surface area contributed by atoms with Crippen LogP contribution in [-0.2, 0) is 6.42 Å². The summed E-state index contributed by atoms with van der Waals surface area (Å²) in [6, 6.07) is 13.0. The van der Waals surface area contributed by atoms with Crippen LogP contribution in [-0.4, -0.2) is 21.0 Å². The average Bonchev–Trinajstić information content (AvgIpc) is 3.07. The van der Waals surface area contributed by atoms with E-state index in [2.05, 4.69) is 10.1 Å². The molecule has 0 saturated carbocycles. The summed E-state index contributed by atoms with van der Waals surface area (Å²) in [5, 5.41) is 16.8. The number of benzene rings is 2. The molecule has 2 heterocycles. The van der Waals surface area contributed by atoms with Crippen LogP contribution in [0, 0.1) is 0 Å². The number of aromatic hydroxyl groups is 1. The largest absolute Gasteiger partial charge is 0.507 e. The van der Waals surface area contributed by atoms with Gasteiger partial charge < -0.3 is 5.11 Å². The van der Waals surface area contributed by atoms with E-state index < -0.39 is 0 Å². The lowest BCUT2D eigenvalue weighted by Crippen LogP contribution is -2.16. The Labute approximate surface area is 147 Å². The molecule has 0 amide bonds. The van der Waals surface area contributed by atoms with E-state index in [4.69, 9.17) is 0 Å². The number of phenols is 1. The Morgan fingerprint density at radius 1 is 1.24 bits per heavy atom. The molecule has 0 atom stereocenters. The smallest absolute Gasteiger partial charge is 0.282 e. The topological polar surface area (TPSA) is 67.5 Å². The van der Waals surface area contributed by atoms with Gasteiger partial charge in [-0.15, -0.1) is 11.3 Å². The molecule has 0 spiro atoms. The first kappa shape index (κ1) is 15.5. The SMILES string of the molecule is CCc1cc2c(=O)n(/N=C/c3c(O)ccc4ccccc34)cnc2s1. The first-order valence-corrected chi connectivity index (χ1v) is 8.74. The molecule has 5 nitrogen and oxygen atoms in total. The Morgan fingerprint density at radius 2 is 2.08 bits per heavy atom. The second kappa shape index (κ2) is 6.14. The van der Waals surface area contributed by atoms with Gasteiger partial charge in [0.2, 0.25) is 0 Å². The Balaban J connectivity index is 1.83. The summed E-state index contributed by atoms with van der Waals surface area (Å²) in [7, 11) is 0. The summed E-state index contributed by atoms with van der Waals surface area (Å²) in [6.45, 7) is 2.05. The van der Waals surface area contributed by atoms with Crippen molar-refractivity contribution in [1.29, 1.82) is 0 Å². The molecular weight excluding hydrogens is 334 g/mol. The minimum Gasteiger partial charge on any atom is -0.507 e. The number of aryl methyl sites for hydroxylation is 1. The van der Waals surface area contributed by atoms with Crippen molar-refractivity contribution < 1.29 is 5.11 Å². The number of hydrogen-bond donors (Lipinski definition) is 1. The van der Waals surface area contributed by atoms with Crippen molar-refractivity contribution in [3.63, 3.8) is 0 Å². The van der Waals surface area contributed by atoms with E-state index in [1.807, 2.05) is 43.3 Å². The predicted molar refractivity (Wildman–Crippen MR) is 102 cm³/mol. The van der Waals surface area contributed by atoms with Gasteiger partial charge in [-0.2, -0.15) is 9.78 Å². The van der Waals surface area contributed by atoms with Crippen molar-refractivity contribution in [3.8, 4) is 5.75 Å². The van der Waals surface area contributed by atoms with E-state index >= 15 is 0 Å². The van der Waals surface area contributed by atoms with Crippen LogP contribution in [0.2, 0.25) is 0 Å². The van der Waals surface area contributed by atoms with Crippen LogP contribution in [0.1, 0.15) is 17.4 Å². The molecule has 0 fully saturated rings. The molecular formula is C19H15N3O2S. The third-order valence-corrected chi connectivity index (χ3v) is 5.28. The maximum absolute atomic E-state index is 12.6. The van der Waals surface area contributed by atoms with Gasteiger partial charge in [0.1, 0.15) is 16.9 Å². The van der Waals surface area contributed by atoms with Crippen molar-refractivity contribution in [2.45, 2.75) is 13.3 Å². The van der Waals surface area contributed by atoms with Gasteiger partial charge in [0.05, 0.1) is 11.6 Å². The second-order valence-corrected chi connectivity index (χ2v) is 6.76. The van der Waals surface area contributed by atoms with Gasteiger partial charge in [-0.3, -0.25) is 4.79 Å². The van der Waals surface area contributed by atoms with E-state index in [0.717, 1.165) is 26.9 Å². The number of hydrogen-bond acceptors (Lipinski definition) is 5. The highest BCUT2D eigenvalue weighted by molar-refractivity contribution is 7.18. The third kappa shape index (κ3) is 2.70. The fourth-order valence-corrected chi connectivity index (χ4v) is 3.69. The Kier molecular flexibility index (Phi) is 3.82. The lowest BCUT2D eigenvalue weighted by molar-refractivity contribution is 0.475. The van der Waals surface area contributed by atoms with Gasteiger partial charge in [0.15, 0.2) is 0 Å². The molecule has 6 heteroatoms. The first-order chi connectivity index (χ1) is 12.2. The molecule has 4 aromatic rings. The monoisotopic (exact) mass is 349 g/mol. The number of rotatable bonds is 3. The fourth-order valence-electron chi connectivity index (χ4n) is 2.76.